The van der Waals surface area contributed by atoms with Crippen LogP contribution in [0.3, 0.4) is 0 Å². The lowest BCUT2D eigenvalue weighted by Gasteiger charge is -2.58. The number of benzene rings is 1. The van der Waals surface area contributed by atoms with Crippen molar-refractivity contribution >= 4 is 0 Å². The Hall–Kier alpha value is -1.81. The minimum absolute atomic E-state index is 0.249. The van der Waals surface area contributed by atoms with Gasteiger partial charge in [-0.25, -0.2) is 0 Å². The molecule has 1 N–H and O–H groups in total. The Balaban J connectivity index is 1.73. The summed E-state index contributed by atoms with van der Waals surface area (Å²) in [6.45, 7) is 1.18. The SMILES string of the molecule is COc1ccc2c(c1)[C@@]13CCN(C)[C@@H](C2)C1Cc1cn[nH]c1C3. The number of hydrogen-bond donors (Lipinski definition) is 1. The minimum atomic E-state index is 0.249. The number of H-pyrrole nitrogens is 1. The molecule has 1 aromatic heterocycles. The molecular formula is C19H23N3O. The number of nitrogens with one attached hydrogen (secondary N) is 1. The fourth-order valence-corrected chi connectivity index (χ4v) is 5.45. The van der Waals surface area contributed by atoms with E-state index in [9.17, 15) is 0 Å². The molecule has 23 heavy (non-hydrogen) atoms. The number of aromatic amines is 1. The lowest BCUT2D eigenvalue weighted by atomic mass is 9.52. The summed E-state index contributed by atoms with van der Waals surface area (Å²) >= 11 is 0. The largest absolute Gasteiger partial charge is 0.497 e. The van der Waals surface area contributed by atoms with E-state index in [2.05, 4.69) is 40.3 Å². The van der Waals surface area contributed by atoms with Crippen molar-refractivity contribution in [2.45, 2.75) is 37.1 Å². The van der Waals surface area contributed by atoms with Crippen molar-refractivity contribution in [3.05, 3.63) is 46.8 Å². The lowest BCUT2D eigenvalue weighted by molar-refractivity contribution is 0.0238. The van der Waals surface area contributed by atoms with Crippen molar-refractivity contribution in [3.63, 3.8) is 0 Å². The molecule has 4 nitrogen and oxygen atoms in total. The van der Waals surface area contributed by atoms with Gasteiger partial charge in [-0.05, 0) is 74.0 Å². The first-order chi connectivity index (χ1) is 11.2. The summed E-state index contributed by atoms with van der Waals surface area (Å²) in [5.41, 5.74) is 6.07. The Labute approximate surface area is 136 Å². The first kappa shape index (κ1) is 13.6. The van der Waals surface area contributed by atoms with E-state index in [1.807, 2.05) is 6.20 Å². The van der Waals surface area contributed by atoms with E-state index < -0.39 is 0 Å². The van der Waals surface area contributed by atoms with E-state index in [1.165, 1.54) is 35.3 Å². The van der Waals surface area contributed by atoms with Gasteiger partial charge in [0, 0.05) is 17.2 Å². The Bertz CT molecular complexity index is 768. The molecule has 1 fully saturated rings. The normalized spacial score (nSPS) is 31.9. The Morgan fingerprint density at radius 1 is 1.30 bits per heavy atom. The van der Waals surface area contributed by atoms with Gasteiger partial charge in [0.2, 0.25) is 0 Å². The third-order valence-electron chi connectivity index (χ3n) is 6.67. The van der Waals surface area contributed by atoms with Crippen LogP contribution in [-0.4, -0.2) is 41.8 Å². The van der Waals surface area contributed by atoms with Gasteiger partial charge in [-0.15, -0.1) is 0 Å². The molecule has 5 rings (SSSR count). The van der Waals surface area contributed by atoms with Crippen LogP contribution in [0.1, 0.15) is 28.8 Å². The summed E-state index contributed by atoms with van der Waals surface area (Å²) in [5.74, 6) is 1.68. The predicted molar refractivity (Wildman–Crippen MR) is 88.9 cm³/mol. The number of aromatic nitrogens is 2. The first-order valence-electron chi connectivity index (χ1n) is 8.60. The average molecular weight is 309 g/mol. The van der Waals surface area contributed by atoms with Crippen molar-refractivity contribution in [3.8, 4) is 5.75 Å². The van der Waals surface area contributed by atoms with Crippen molar-refractivity contribution < 1.29 is 4.74 Å². The molecule has 0 amide bonds. The van der Waals surface area contributed by atoms with E-state index in [1.54, 1.807) is 7.11 Å². The zero-order valence-electron chi connectivity index (χ0n) is 13.8. The molecule has 0 radical (unpaired) electrons. The standard InChI is InChI=1S/C19H23N3O/c1-22-6-5-19-10-17-13(11-20-21-17)7-16(19)18(22)8-12-3-4-14(23-2)9-15(12)19/h3-4,9,11,16,18H,5-8,10H2,1-2H3,(H,20,21)/t16?,18-,19-/m0/s1. The molecule has 1 aliphatic heterocycles. The second-order valence-electron chi connectivity index (χ2n) is 7.54. The summed E-state index contributed by atoms with van der Waals surface area (Å²) in [6.07, 6.45) is 6.67. The van der Waals surface area contributed by atoms with Gasteiger partial charge in [0.1, 0.15) is 5.75 Å². The molecule has 2 heterocycles. The average Bonchev–Trinajstić information content (AvgIpc) is 3.02. The third kappa shape index (κ3) is 1.73. The molecule has 120 valence electrons. The van der Waals surface area contributed by atoms with Gasteiger partial charge in [0.15, 0.2) is 0 Å². The molecule has 1 saturated heterocycles. The second-order valence-corrected chi connectivity index (χ2v) is 7.54. The number of likely N-dealkylation sites (N-methyl/N-ethyl adjacent to an activating group) is 1. The molecule has 3 atom stereocenters. The Morgan fingerprint density at radius 2 is 2.22 bits per heavy atom. The molecule has 2 aromatic rings. The van der Waals surface area contributed by atoms with Gasteiger partial charge in [-0.2, -0.15) is 5.10 Å². The number of piperidine rings is 1. The van der Waals surface area contributed by atoms with E-state index in [0.29, 0.717) is 12.0 Å². The van der Waals surface area contributed by atoms with Crippen LogP contribution in [0.15, 0.2) is 24.4 Å². The van der Waals surface area contributed by atoms with Gasteiger partial charge >= 0.3 is 0 Å². The van der Waals surface area contributed by atoms with Crippen LogP contribution in [0, 0.1) is 5.92 Å². The summed E-state index contributed by atoms with van der Waals surface area (Å²) in [5, 5.41) is 7.58. The minimum Gasteiger partial charge on any atom is -0.497 e. The summed E-state index contributed by atoms with van der Waals surface area (Å²) in [7, 11) is 4.07. The number of ether oxygens (including phenoxy) is 1. The predicted octanol–water partition coefficient (Wildman–Crippen LogP) is 2.33. The van der Waals surface area contributed by atoms with Crippen molar-refractivity contribution in [1.29, 1.82) is 0 Å². The van der Waals surface area contributed by atoms with Crippen LogP contribution in [0.5, 0.6) is 5.75 Å². The number of methoxy groups -OCH3 is 1. The Morgan fingerprint density at radius 3 is 3.09 bits per heavy atom. The highest BCUT2D eigenvalue weighted by Crippen LogP contribution is 2.54. The van der Waals surface area contributed by atoms with E-state index in [4.69, 9.17) is 4.74 Å². The highest BCUT2D eigenvalue weighted by atomic mass is 16.5. The number of rotatable bonds is 1. The summed E-state index contributed by atoms with van der Waals surface area (Å²) in [6, 6.07) is 7.37. The van der Waals surface area contributed by atoms with Crippen molar-refractivity contribution in [1.82, 2.24) is 15.1 Å². The Kier molecular flexibility index (Phi) is 2.72. The van der Waals surface area contributed by atoms with Gasteiger partial charge < -0.3 is 9.64 Å². The fraction of sp³-hybridized carbons (Fsp3) is 0.526. The summed E-state index contributed by atoms with van der Waals surface area (Å²) < 4.78 is 5.54. The third-order valence-corrected chi connectivity index (χ3v) is 6.67. The van der Waals surface area contributed by atoms with Gasteiger partial charge in [0.25, 0.3) is 0 Å². The summed E-state index contributed by atoms with van der Waals surface area (Å²) in [4.78, 5) is 2.58. The number of hydrogen-bond acceptors (Lipinski definition) is 3. The number of fused-ring (bicyclic) bond motifs is 2. The van der Waals surface area contributed by atoms with Gasteiger partial charge in [-0.1, -0.05) is 6.07 Å². The maximum atomic E-state index is 5.54. The molecular weight excluding hydrogens is 286 g/mol. The lowest BCUT2D eigenvalue weighted by Crippen LogP contribution is -2.61. The van der Waals surface area contributed by atoms with Crippen molar-refractivity contribution in [2.75, 3.05) is 20.7 Å². The zero-order valence-corrected chi connectivity index (χ0v) is 13.8. The number of nitrogens with zero attached hydrogens (tertiary/aromatic N) is 2. The molecule has 4 heteroatoms. The highest BCUT2D eigenvalue weighted by Gasteiger charge is 2.54. The molecule has 3 aliphatic rings. The molecule has 0 spiro atoms. The highest BCUT2D eigenvalue weighted by molar-refractivity contribution is 5.48. The molecule has 0 saturated carbocycles. The second kappa shape index (κ2) is 4.60. The quantitative estimate of drug-likeness (QED) is 0.879. The van der Waals surface area contributed by atoms with Crippen LogP contribution in [0.4, 0.5) is 0 Å². The van der Waals surface area contributed by atoms with Crippen LogP contribution in [-0.2, 0) is 24.7 Å². The molecule has 2 bridgehead atoms. The number of likely N-dealkylation sites (tertiary alicyclic amines) is 1. The topological polar surface area (TPSA) is 41.1 Å². The van der Waals surface area contributed by atoms with Crippen LogP contribution in [0.2, 0.25) is 0 Å². The smallest absolute Gasteiger partial charge is 0.119 e. The van der Waals surface area contributed by atoms with Crippen LogP contribution >= 0.6 is 0 Å². The maximum Gasteiger partial charge on any atom is 0.119 e. The fourth-order valence-electron chi connectivity index (χ4n) is 5.45. The van der Waals surface area contributed by atoms with Gasteiger partial charge in [0.05, 0.1) is 13.3 Å². The first-order valence-corrected chi connectivity index (χ1v) is 8.60. The van der Waals surface area contributed by atoms with E-state index >= 15 is 0 Å². The monoisotopic (exact) mass is 309 g/mol. The molecule has 2 aliphatic carbocycles. The zero-order chi connectivity index (χ0) is 15.6. The maximum absolute atomic E-state index is 5.54. The van der Waals surface area contributed by atoms with Crippen LogP contribution < -0.4 is 4.74 Å². The van der Waals surface area contributed by atoms with E-state index in [0.717, 1.165) is 25.0 Å². The van der Waals surface area contributed by atoms with E-state index in [-0.39, 0.29) is 5.41 Å². The van der Waals surface area contributed by atoms with Crippen LogP contribution in [0.25, 0.3) is 0 Å². The molecule has 1 unspecified atom stereocenters. The van der Waals surface area contributed by atoms with Gasteiger partial charge in [-0.3, -0.25) is 5.10 Å². The molecule has 1 aromatic carbocycles. The van der Waals surface area contributed by atoms with Crippen molar-refractivity contribution in [2.24, 2.45) is 5.92 Å².